The number of amides is 1. The lowest BCUT2D eigenvalue weighted by molar-refractivity contribution is -0.121. The molecule has 4 nitrogen and oxygen atoms in total. The van der Waals surface area contributed by atoms with E-state index in [-0.39, 0.29) is 24.8 Å². The van der Waals surface area contributed by atoms with Gasteiger partial charge in [0.15, 0.2) is 5.78 Å². The quantitative estimate of drug-likeness (QED) is 0.778. The van der Waals surface area contributed by atoms with E-state index in [4.69, 9.17) is 11.6 Å². The van der Waals surface area contributed by atoms with E-state index in [0.717, 1.165) is 6.42 Å². The first-order valence-corrected chi connectivity index (χ1v) is 6.64. The second-order valence-corrected chi connectivity index (χ2v) is 4.89. The van der Waals surface area contributed by atoms with Crippen molar-refractivity contribution in [3.8, 4) is 0 Å². The molecule has 0 heterocycles. The van der Waals surface area contributed by atoms with Gasteiger partial charge in [-0.3, -0.25) is 14.5 Å². The highest BCUT2D eigenvalue weighted by Crippen LogP contribution is 2.10. The summed E-state index contributed by atoms with van der Waals surface area (Å²) in [5, 5.41) is 3.38. The van der Waals surface area contributed by atoms with Crippen molar-refractivity contribution in [1.82, 2.24) is 10.2 Å². The van der Waals surface area contributed by atoms with Crippen LogP contribution in [-0.4, -0.2) is 43.3 Å². The molecule has 0 saturated carbocycles. The lowest BCUT2D eigenvalue weighted by Crippen LogP contribution is -2.37. The second-order valence-electron chi connectivity index (χ2n) is 4.45. The second kappa shape index (κ2) is 7.92. The van der Waals surface area contributed by atoms with Gasteiger partial charge >= 0.3 is 0 Å². The Kier molecular flexibility index (Phi) is 6.53. The van der Waals surface area contributed by atoms with Crippen LogP contribution in [0.3, 0.4) is 0 Å². The third kappa shape index (κ3) is 5.85. The smallest absolute Gasteiger partial charge is 0.234 e. The first-order chi connectivity index (χ1) is 9.02. The first kappa shape index (κ1) is 15.7. The maximum Gasteiger partial charge on any atom is 0.234 e. The van der Waals surface area contributed by atoms with E-state index >= 15 is 0 Å². The van der Waals surface area contributed by atoms with Gasteiger partial charge in [-0.05, 0) is 37.7 Å². The highest BCUT2D eigenvalue weighted by Gasteiger charge is 2.11. The summed E-state index contributed by atoms with van der Waals surface area (Å²) in [6, 6.07) is 6.75. The van der Waals surface area contributed by atoms with E-state index in [0.29, 0.717) is 17.1 Å². The summed E-state index contributed by atoms with van der Waals surface area (Å²) in [4.78, 5) is 25.1. The van der Waals surface area contributed by atoms with Crippen LogP contribution in [0.2, 0.25) is 5.02 Å². The van der Waals surface area contributed by atoms with Crippen LogP contribution in [0.5, 0.6) is 0 Å². The van der Waals surface area contributed by atoms with Crippen molar-refractivity contribution in [2.75, 3.05) is 26.7 Å². The fourth-order valence-electron chi connectivity index (χ4n) is 1.59. The van der Waals surface area contributed by atoms with Gasteiger partial charge in [0.1, 0.15) is 0 Å². The highest BCUT2D eigenvalue weighted by atomic mass is 35.5. The van der Waals surface area contributed by atoms with E-state index in [1.807, 2.05) is 6.92 Å². The van der Waals surface area contributed by atoms with Crippen LogP contribution >= 0.6 is 11.6 Å². The van der Waals surface area contributed by atoms with E-state index < -0.39 is 0 Å². The third-order valence-electron chi connectivity index (χ3n) is 2.57. The molecule has 1 aromatic rings. The fraction of sp³-hybridized carbons (Fsp3) is 0.429. The van der Waals surface area contributed by atoms with Crippen molar-refractivity contribution in [1.29, 1.82) is 0 Å². The Morgan fingerprint density at radius 2 is 1.84 bits per heavy atom. The summed E-state index contributed by atoms with van der Waals surface area (Å²) < 4.78 is 0. The van der Waals surface area contributed by atoms with Gasteiger partial charge in [-0.1, -0.05) is 18.5 Å². The van der Waals surface area contributed by atoms with Crippen LogP contribution in [-0.2, 0) is 4.79 Å². The average Bonchev–Trinajstić information content (AvgIpc) is 2.36. The van der Waals surface area contributed by atoms with Crippen molar-refractivity contribution in [2.45, 2.75) is 13.3 Å². The molecule has 1 rings (SSSR count). The summed E-state index contributed by atoms with van der Waals surface area (Å²) in [6.07, 6.45) is 0.902. The summed E-state index contributed by atoms with van der Waals surface area (Å²) in [7, 11) is 1.75. The van der Waals surface area contributed by atoms with Crippen molar-refractivity contribution in [3.05, 3.63) is 34.9 Å². The summed E-state index contributed by atoms with van der Waals surface area (Å²) in [6.45, 7) is 3.09. The molecule has 0 spiro atoms. The number of benzene rings is 1. The molecule has 19 heavy (non-hydrogen) atoms. The van der Waals surface area contributed by atoms with Crippen LogP contribution in [0.1, 0.15) is 23.7 Å². The molecule has 0 unspecified atom stereocenters. The molecule has 0 bridgehead atoms. The Balaban J connectivity index is 2.43. The Morgan fingerprint density at radius 3 is 2.42 bits per heavy atom. The van der Waals surface area contributed by atoms with Gasteiger partial charge in [-0.15, -0.1) is 0 Å². The molecule has 0 aliphatic heterocycles. The number of carbonyl (C=O) groups is 2. The Bertz CT molecular complexity index is 432. The zero-order valence-electron chi connectivity index (χ0n) is 11.3. The molecule has 0 aliphatic rings. The topological polar surface area (TPSA) is 49.4 Å². The number of hydrogen-bond donors (Lipinski definition) is 1. The minimum Gasteiger partial charge on any atom is -0.355 e. The SMILES string of the molecule is CCCNC(=O)CN(C)CC(=O)c1ccc(Cl)cc1. The number of likely N-dealkylation sites (N-methyl/N-ethyl adjacent to an activating group) is 1. The molecular formula is C14H19ClN2O2. The van der Waals surface area contributed by atoms with Crippen LogP contribution in [0.4, 0.5) is 0 Å². The average molecular weight is 283 g/mol. The molecule has 0 aromatic heterocycles. The molecule has 0 aliphatic carbocycles. The summed E-state index contributed by atoms with van der Waals surface area (Å²) >= 11 is 5.76. The Labute approximate surface area is 118 Å². The van der Waals surface area contributed by atoms with E-state index in [9.17, 15) is 9.59 Å². The van der Waals surface area contributed by atoms with Crippen molar-refractivity contribution in [3.63, 3.8) is 0 Å². The lowest BCUT2D eigenvalue weighted by atomic mass is 10.1. The first-order valence-electron chi connectivity index (χ1n) is 6.27. The minimum absolute atomic E-state index is 0.0255. The van der Waals surface area contributed by atoms with E-state index in [1.165, 1.54) is 0 Å². The van der Waals surface area contributed by atoms with E-state index in [2.05, 4.69) is 5.32 Å². The van der Waals surface area contributed by atoms with Crippen LogP contribution in [0, 0.1) is 0 Å². The fourth-order valence-corrected chi connectivity index (χ4v) is 1.72. The van der Waals surface area contributed by atoms with Crippen molar-refractivity contribution >= 4 is 23.3 Å². The zero-order valence-corrected chi connectivity index (χ0v) is 12.0. The molecule has 104 valence electrons. The molecule has 0 fully saturated rings. The summed E-state index contributed by atoms with van der Waals surface area (Å²) in [5.74, 6) is -0.0873. The number of ketones is 1. The van der Waals surface area contributed by atoms with Crippen LogP contribution in [0.25, 0.3) is 0 Å². The van der Waals surface area contributed by atoms with Crippen LogP contribution in [0.15, 0.2) is 24.3 Å². The number of nitrogens with one attached hydrogen (secondary N) is 1. The largest absolute Gasteiger partial charge is 0.355 e. The van der Waals surface area contributed by atoms with Gasteiger partial charge in [0.2, 0.25) is 5.91 Å². The molecule has 5 heteroatoms. The monoisotopic (exact) mass is 282 g/mol. The predicted octanol–water partition coefficient (Wildman–Crippen LogP) is 1.98. The number of rotatable bonds is 7. The molecule has 1 amide bonds. The number of nitrogens with zero attached hydrogens (tertiary/aromatic N) is 1. The number of carbonyl (C=O) groups excluding carboxylic acids is 2. The number of halogens is 1. The normalized spacial score (nSPS) is 10.5. The molecular weight excluding hydrogens is 264 g/mol. The molecule has 0 atom stereocenters. The standard InChI is InChI=1S/C14H19ClN2O2/c1-3-8-16-14(19)10-17(2)9-13(18)11-4-6-12(15)7-5-11/h4-7H,3,8-10H2,1-2H3,(H,16,19). The van der Waals surface area contributed by atoms with Gasteiger partial charge in [0.05, 0.1) is 13.1 Å². The molecule has 1 N–H and O–H groups in total. The minimum atomic E-state index is -0.0618. The molecule has 0 saturated heterocycles. The maximum atomic E-state index is 11.9. The third-order valence-corrected chi connectivity index (χ3v) is 2.82. The van der Waals surface area contributed by atoms with Crippen LogP contribution < -0.4 is 5.32 Å². The Morgan fingerprint density at radius 1 is 1.21 bits per heavy atom. The van der Waals surface area contributed by atoms with Gasteiger partial charge in [-0.2, -0.15) is 0 Å². The zero-order chi connectivity index (χ0) is 14.3. The lowest BCUT2D eigenvalue weighted by Gasteiger charge is -2.15. The number of hydrogen-bond acceptors (Lipinski definition) is 3. The van der Waals surface area contributed by atoms with Crippen molar-refractivity contribution in [2.24, 2.45) is 0 Å². The van der Waals surface area contributed by atoms with Gasteiger partial charge in [-0.25, -0.2) is 0 Å². The maximum absolute atomic E-state index is 11.9. The highest BCUT2D eigenvalue weighted by molar-refractivity contribution is 6.30. The Hall–Kier alpha value is -1.39. The van der Waals surface area contributed by atoms with Crippen molar-refractivity contribution < 1.29 is 9.59 Å². The van der Waals surface area contributed by atoms with Gasteiger partial charge in [0, 0.05) is 17.1 Å². The predicted molar refractivity (Wildman–Crippen MR) is 76.6 cm³/mol. The molecule has 1 aromatic carbocycles. The van der Waals surface area contributed by atoms with Gasteiger partial charge < -0.3 is 5.32 Å². The number of Topliss-reactive ketones (excluding diaryl/α,β-unsaturated/α-hetero) is 1. The van der Waals surface area contributed by atoms with E-state index in [1.54, 1.807) is 36.2 Å². The van der Waals surface area contributed by atoms with Gasteiger partial charge in [0.25, 0.3) is 0 Å². The molecule has 0 radical (unpaired) electrons. The summed E-state index contributed by atoms with van der Waals surface area (Å²) in [5.41, 5.74) is 0.602.